The number of anilines is 2. The average molecular weight is 347 g/mol. The van der Waals surface area contributed by atoms with E-state index in [1.165, 1.54) is 18.3 Å². The van der Waals surface area contributed by atoms with Gasteiger partial charge in [-0.2, -0.15) is 5.26 Å². The zero-order valence-electron chi connectivity index (χ0n) is 13.7. The summed E-state index contributed by atoms with van der Waals surface area (Å²) in [4.78, 5) is 28.5. The Labute approximate surface area is 148 Å². The normalized spacial score (nSPS) is 10.0. The lowest BCUT2D eigenvalue weighted by Crippen LogP contribution is -2.17. The van der Waals surface area contributed by atoms with Gasteiger partial charge in [-0.3, -0.25) is 14.6 Å². The van der Waals surface area contributed by atoms with Crippen LogP contribution in [0.2, 0.25) is 0 Å². The van der Waals surface area contributed by atoms with Crippen molar-refractivity contribution in [3.63, 3.8) is 0 Å². The molecule has 8 heteroatoms. The third kappa shape index (κ3) is 3.91. The first-order chi connectivity index (χ1) is 12.5. The van der Waals surface area contributed by atoms with E-state index in [1.54, 1.807) is 37.3 Å². The number of nitrogens with zero attached hydrogens (tertiary/aromatic N) is 3. The van der Waals surface area contributed by atoms with E-state index in [0.717, 1.165) is 0 Å². The highest BCUT2D eigenvalue weighted by molar-refractivity contribution is 6.07. The molecule has 2 aromatic heterocycles. The third-order valence-electron chi connectivity index (χ3n) is 3.40. The summed E-state index contributed by atoms with van der Waals surface area (Å²) in [5.41, 5.74) is 1.37. The number of hydrogen-bond acceptors (Lipinski definition) is 6. The molecule has 1 aromatic carbocycles. The molecule has 2 heterocycles. The zero-order chi connectivity index (χ0) is 18.5. The van der Waals surface area contributed by atoms with Crippen LogP contribution in [0.25, 0.3) is 0 Å². The molecule has 2 N–H and O–H groups in total. The molecule has 0 bridgehead atoms. The molecule has 0 radical (unpaired) electrons. The number of pyridine rings is 1. The van der Waals surface area contributed by atoms with Crippen LogP contribution in [0.3, 0.4) is 0 Å². The van der Waals surface area contributed by atoms with Gasteiger partial charge in [-0.25, -0.2) is 0 Å². The molecule has 0 spiro atoms. The predicted octanol–water partition coefficient (Wildman–Crippen LogP) is 2.75. The van der Waals surface area contributed by atoms with Gasteiger partial charge in [-0.05, 0) is 43.3 Å². The number of carbonyl (C=O) groups excluding carboxylic acids is 2. The van der Waals surface area contributed by atoms with E-state index < -0.39 is 11.8 Å². The minimum Gasteiger partial charge on any atom is -0.360 e. The van der Waals surface area contributed by atoms with Gasteiger partial charge in [-0.15, -0.1) is 0 Å². The number of hydrogen-bond donors (Lipinski definition) is 2. The van der Waals surface area contributed by atoms with E-state index in [1.807, 2.05) is 6.07 Å². The third-order valence-corrected chi connectivity index (χ3v) is 3.40. The van der Waals surface area contributed by atoms with Crippen molar-refractivity contribution in [2.75, 3.05) is 10.6 Å². The van der Waals surface area contributed by atoms with Gasteiger partial charge in [0.25, 0.3) is 11.8 Å². The number of nitriles is 1. The fourth-order valence-electron chi connectivity index (χ4n) is 2.13. The molecule has 0 aliphatic rings. The van der Waals surface area contributed by atoms with Crippen molar-refractivity contribution in [1.29, 1.82) is 5.26 Å². The van der Waals surface area contributed by atoms with Gasteiger partial charge >= 0.3 is 0 Å². The predicted molar refractivity (Wildman–Crippen MR) is 92.5 cm³/mol. The zero-order valence-corrected chi connectivity index (χ0v) is 13.7. The lowest BCUT2D eigenvalue weighted by molar-refractivity contribution is 0.102. The lowest BCUT2D eigenvalue weighted by Gasteiger charge is -2.06. The summed E-state index contributed by atoms with van der Waals surface area (Å²) in [6.45, 7) is 1.70. The van der Waals surface area contributed by atoms with Crippen molar-refractivity contribution in [3.05, 3.63) is 71.2 Å². The van der Waals surface area contributed by atoms with Gasteiger partial charge in [0.05, 0.1) is 11.6 Å². The Bertz CT molecular complexity index is 1000. The van der Waals surface area contributed by atoms with Crippen LogP contribution in [0.5, 0.6) is 0 Å². The monoisotopic (exact) mass is 347 g/mol. The van der Waals surface area contributed by atoms with Crippen LogP contribution < -0.4 is 10.6 Å². The maximum atomic E-state index is 12.3. The number of benzene rings is 1. The van der Waals surface area contributed by atoms with Gasteiger partial charge in [0.2, 0.25) is 0 Å². The molecular formula is C18H13N5O3. The van der Waals surface area contributed by atoms with Crippen molar-refractivity contribution < 1.29 is 14.1 Å². The molecule has 2 amide bonds. The summed E-state index contributed by atoms with van der Waals surface area (Å²) >= 11 is 0. The molecule has 0 saturated carbocycles. The molecule has 26 heavy (non-hydrogen) atoms. The topological polar surface area (TPSA) is 121 Å². The summed E-state index contributed by atoms with van der Waals surface area (Å²) < 4.78 is 4.88. The minimum absolute atomic E-state index is 0.0677. The summed E-state index contributed by atoms with van der Waals surface area (Å²) in [7, 11) is 0. The summed E-state index contributed by atoms with van der Waals surface area (Å²) in [5, 5.41) is 17.7. The van der Waals surface area contributed by atoms with Gasteiger partial charge in [0, 0.05) is 23.5 Å². The Hall–Kier alpha value is -3.99. The fourth-order valence-corrected chi connectivity index (χ4v) is 2.13. The second kappa shape index (κ2) is 7.27. The van der Waals surface area contributed by atoms with E-state index >= 15 is 0 Å². The first kappa shape index (κ1) is 16.9. The first-order valence-corrected chi connectivity index (χ1v) is 7.57. The van der Waals surface area contributed by atoms with Crippen LogP contribution in [0.4, 0.5) is 11.5 Å². The van der Waals surface area contributed by atoms with Crippen molar-refractivity contribution in [3.8, 4) is 6.07 Å². The maximum Gasteiger partial charge on any atom is 0.275 e. The molecule has 128 valence electrons. The average Bonchev–Trinajstić information content (AvgIpc) is 3.07. The van der Waals surface area contributed by atoms with Crippen LogP contribution in [0.1, 0.15) is 32.2 Å². The maximum absolute atomic E-state index is 12.3. The smallest absolute Gasteiger partial charge is 0.275 e. The highest BCUT2D eigenvalue weighted by Crippen LogP contribution is 2.13. The molecule has 0 saturated heterocycles. The summed E-state index contributed by atoms with van der Waals surface area (Å²) in [6, 6.07) is 12.9. The van der Waals surface area contributed by atoms with Gasteiger partial charge in [0.15, 0.2) is 5.82 Å². The molecule has 0 aliphatic heterocycles. The van der Waals surface area contributed by atoms with Crippen molar-refractivity contribution in [1.82, 2.24) is 10.1 Å². The molecule has 0 atom stereocenters. The molecule has 3 rings (SSSR count). The summed E-state index contributed by atoms with van der Waals surface area (Å²) in [5.74, 6) is -0.0831. The Morgan fingerprint density at radius 2 is 1.85 bits per heavy atom. The molecule has 8 nitrogen and oxygen atoms in total. The van der Waals surface area contributed by atoms with Gasteiger partial charge in [-0.1, -0.05) is 5.16 Å². The van der Waals surface area contributed by atoms with Crippen LogP contribution in [0.15, 0.2) is 53.2 Å². The first-order valence-electron chi connectivity index (χ1n) is 7.57. The van der Waals surface area contributed by atoms with Crippen molar-refractivity contribution in [2.45, 2.75) is 6.92 Å². The second-order valence-corrected chi connectivity index (χ2v) is 5.35. The van der Waals surface area contributed by atoms with Crippen LogP contribution in [-0.2, 0) is 0 Å². The Balaban J connectivity index is 1.72. The SMILES string of the molecule is Cc1cc(NC(=O)c2cc(C(=O)Nc3ccc(C#N)cc3)ccn2)no1. The Kier molecular flexibility index (Phi) is 4.71. The van der Waals surface area contributed by atoms with E-state index in [0.29, 0.717) is 17.0 Å². The number of carbonyl (C=O) groups is 2. The van der Waals surface area contributed by atoms with Gasteiger partial charge < -0.3 is 15.2 Å². The molecule has 0 fully saturated rings. The van der Waals surface area contributed by atoms with Crippen LogP contribution in [-0.4, -0.2) is 22.0 Å². The van der Waals surface area contributed by atoms with Crippen LogP contribution in [0, 0.1) is 18.3 Å². The Morgan fingerprint density at radius 3 is 2.50 bits per heavy atom. The number of aryl methyl sites for hydroxylation is 1. The van der Waals surface area contributed by atoms with Crippen molar-refractivity contribution in [2.24, 2.45) is 0 Å². The molecule has 3 aromatic rings. The molecule has 0 aliphatic carbocycles. The number of rotatable bonds is 4. The highest BCUT2D eigenvalue weighted by Gasteiger charge is 2.14. The quantitative estimate of drug-likeness (QED) is 0.748. The summed E-state index contributed by atoms with van der Waals surface area (Å²) in [6.07, 6.45) is 1.37. The highest BCUT2D eigenvalue weighted by atomic mass is 16.5. The standard InChI is InChI=1S/C18H13N5O3/c1-11-8-16(23-26-11)22-18(25)15-9-13(6-7-20-15)17(24)21-14-4-2-12(10-19)3-5-14/h2-9H,1H3,(H,21,24)(H,22,23,25). The number of aromatic nitrogens is 2. The number of amides is 2. The lowest BCUT2D eigenvalue weighted by atomic mass is 10.2. The van der Waals surface area contributed by atoms with E-state index in [4.69, 9.17) is 9.78 Å². The molecule has 0 unspecified atom stereocenters. The molecular weight excluding hydrogens is 334 g/mol. The second-order valence-electron chi connectivity index (χ2n) is 5.35. The van der Waals surface area contributed by atoms with Crippen molar-refractivity contribution >= 4 is 23.3 Å². The van der Waals surface area contributed by atoms with Crippen LogP contribution >= 0.6 is 0 Å². The minimum atomic E-state index is -0.508. The Morgan fingerprint density at radius 1 is 1.08 bits per heavy atom. The van der Waals surface area contributed by atoms with E-state index in [2.05, 4.69) is 20.8 Å². The van der Waals surface area contributed by atoms with E-state index in [9.17, 15) is 9.59 Å². The van der Waals surface area contributed by atoms with E-state index in [-0.39, 0.29) is 17.1 Å². The fraction of sp³-hybridized carbons (Fsp3) is 0.0556. The number of nitrogens with one attached hydrogen (secondary N) is 2. The largest absolute Gasteiger partial charge is 0.360 e. The van der Waals surface area contributed by atoms with Gasteiger partial charge in [0.1, 0.15) is 11.5 Å².